The van der Waals surface area contributed by atoms with E-state index >= 15 is 0 Å². The van der Waals surface area contributed by atoms with Gasteiger partial charge >= 0.3 is 0 Å². The molecule has 5 atom stereocenters. The first-order valence-corrected chi connectivity index (χ1v) is 8.14. The van der Waals surface area contributed by atoms with Crippen LogP contribution in [0.5, 0.6) is 0 Å². The summed E-state index contributed by atoms with van der Waals surface area (Å²) in [5.41, 5.74) is 6.51. The third-order valence-corrected chi connectivity index (χ3v) is 5.15. The summed E-state index contributed by atoms with van der Waals surface area (Å²) in [7, 11) is 0. The van der Waals surface area contributed by atoms with Crippen molar-refractivity contribution < 1.29 is 0 Å². The molecule has 0 aromatic heterocycles. The topological polar surface area (TPSA) is 29.3 Å². The number of likely N-dealkylation sites (tertiary alicyclic amines) is 1. The molecule has 2 fully saturated rings. The second-order valence-electron chi connectivity index (χ2n) is 6.88. The number of piperidine rings is 1. The van der Waals surface area contributed by atoms with E-state index in [9.17, 15) is 0 Å². The van der Waals surface area contributed by atoms with Gasteiger partial charge in [-0.15, -0.1) is 0 Å². The fourth-order valence-corrected chi connectivity index (χ4v) is 4.53. The Kier molecular flexibility index (Phi) is 5.08. The lowest BCUT2D eigenvalue weighted by Crippen LogP contribution is -2.59. The summed E-state index contributed by atoms with van der Waals surface area (Å²) in [6, 6.07) is 1.87. The monoisotopic (exact) mass is 252 g/mol. The van der Waals surface area contributed by atoms with E-state index in [-0.39, 0.29) is 0 Å². The van der Waals surface area contributed by atoms with Crippen molar-refractivity contribution in [3.8, 4) is 0 Å². The van der Waals surface area contributed by atoms with Crippen LogP contribution in [0.1, 0.15) is 65.7 Å². The number of nitrogens with zero attached hydrogens (tertiary/aromatic N) is 1. The first kappa shape index (κ1) is 14.3. The van der Waals surface area contributed by atoms with Gasteiger partial charge < -0.3 is 5.73 Å². The van der Waals surface area contributed by atoms with Crippen molar-refractivity contribution in [3.63, 3.8) is 0 Å². The first-order valence-electron chi connectivity index (χ1n) is 8.14. The second-order valence-corrected chi connectivity index (χ2v) is 6.88. The lowest BCUT2D eigenvalue weighted by atomic mass is 9.75. The minimum absolute atomic E-state index is 0.404. The van der Waals surface area contributed by atoms with Crippen molar-refractivity contribution in [2.45, 2.75) is 83.8 Å². The molecular weight excluding hydrogens is 220 g/mol. The molecule has 5 unspecified atom stereocenters. The van der Waals surface area contributed by atoms with Gasteiger partial charge in [-0.3, -0.25) is 4.90 Å². The van der Waals surface area contributed by atoms with Crippen LogP contribution in [0.25, 0.3) is 0 Å². The average Bonchev–Trinajstić information content (AvgIpc) is 2.30. The molecule has 1 saturated carbocycles. The molecule has 1 aliphatic heterocycles. The molecule has 0 radical (unpaired) electrons. The molecule has 2 N–H and O–H groups in total. The summed E-state index contributed by atoms with van der Waals surface area (Å²) in [6.45, 7) is 8.41. The zero-order valence-electron chi connectivity index (χ0n) is 12.6. The molecule has 2 heteroatoms. The van der Waals surface area contributed by atoms with Gasteiger partial charge in [-0.05, 0) is 50.5 Å². The van der Waals surface area contributed by atoms with E-state index < -0.39 is 0 Å². The van der Waals surface area contributed by atoms with Crippen LogP contribution in [-0.4, -0.2) is 29.6 Å². The van der Waals surface area contributed by atoms with Gasteiger partial charge in [0.2, 0.25) is 0 Å². The van der Waals surface area contributed by atoms with Crippen molar-refractivity contribution in [1.29, 1.82) is 0 Å². The Hall–Kier alpha value is -0.0800. The van der Waals surface area contributed by atoms with Crippen molar-refractivity contribution >= 4 is 0 Å². The van der Waals surface area contributed by atoms with E-state index in [2.05, 4.69) is 25.7 Å². The normalized spacial score (nSPS) is 43.0. The SMILES string of the molecule is CCCC1CCCCN1C1C(C)CC(C)CC1N. The lowest BCUT2D eigenvalue weighted by Gasteiger charge is -2.49. The minimum Gasteiger partial charge on any atom is -0.326 e. The van der Waals surface area contributed by atoms with Gasteiger partial charge in [-0.25, -0.2) is 0 Å². The molecule has 1 aliphatic carbocycles. The van der Waals surface area contributed by atoms with Gasteiger partial charge in [-0.1, -0.05) is 33.6 Å². The van der Waals surface area contributed by atoms with Crippen molar-refractivity contribution in [1.82, 2.24) is 4.90 Å². The summed E-state index contributed by atoms with van der Waals surface area (Å²) in [4.78, 5) is 2.80. The molecule has 0 aromatic rings. The molecule has 2 rings (SSSR count). The molecule has 0 bridgehead atoms. The molecule has 0 spiro atoms. The summed E-state index contributed by atoms with van der Waals surface area (Å²) in [6.07, 6.45) is 9.48. The predicted molar refractivity (Wildman–Crippen MR) is 78.6 cm³/mol. The molecule has 2 nitrogen and oxygen atoms in total. The van der Waals surface area contributed by atoms with Gasteiger partial charge in [0.1, 0.15) is 0 Å². The number of nitrogens with two attached hydrogens (primary N) is 1. The maximum atomic E-state index is 6.51. The number of hydrogen-bond donors (Lipinski definition) is 1. The highest BCUT2D eigenvalue weighted by Gasteiger charge is 2.38. The molecule has 0 amide bonds. The Bertz CT molecular complexity index is 239. The number of rotatable bonds is 3. The highest BCUT2D eigenvalue weighted by Crippen LogP contribution is 2.35. The zero-order valence-corrected chi connectivity index (χ0v) is 12.6. The summed E-state index contributed by atoms with van der Waals surface area (Å²) in [5.74, 6) is 1.60. The third-order valence-electron chi connectivity index (χ3n) is 5.15. The van der Waals surface area contributed by atoms with E-state index in [1.807, 2.05) is 0 Å². The summed E-state index contributed by atoms with van der Waals surface area (Å²) in [5, 5.41) is 0. The maximum absolute atomic E-state index is 6.51. The van der Waals surface area contributed by atoms with Crippen LogP contribution in [-0.2, 0) is 0 Å². The molecule has 2 aliphatic rings. The van der Waals surface area contributed by atoms with Gasteiger partial charge in [0.25, 0.3) is 0 Å². The highest BCUT2D eigenvalue weighted by atomic mass is 15.2. The largest absolute Gasteiger partial charge is 0.326 e. The Balaban J connectivity index is 2.06. The molecule has 1 heterocycles. The van der Waals surface area contributed by atoms with Crippen molar-refractivity contribution in [3.05, 3.63) is 0 Å². The molecule has 106 valence electrons. The van der Waals surface area contributed by atoms with Crippen LogP contribution in [0.15, 0.2) is 0 Å². The smallest absolute Gasteiger partial charge is 0.0275 e. The van der Waals surface area contributed by atoms with Crippen LogP contribution >= 0.6 is 0 Å². The van der Waals surface area contributed by atoms with E-state index in [1.54, 1.807) is 0 Å². The molecule has 18 heavy (non-hydrogen) atoms. The third kappa shape index (κ3) is 3.08. The van der Waals surface area contributed by atoms with Crippen LogP contribution in [0.3, 0.4) is 0 Å². The van der Waals surface area contributed by atoms with Crippen molar-refractivity contribution in [2.75, 3.05) is 6.54 Å². The van der Waals surface area contributed by atoms with Gasteiger partial charge in [-0.2, -0.15) is 0 Å². The quantitative estimate of drug-likeness (QED) is 0.834. The Labute approximate surface area is 113 Å². The lowest BCUT2D eigenvalue weighted by molar-refractivity contribution is 0.0175. The van der Waals surface area contributed by atoms with Crippen LogP contribution < -0.4 is 5.73 Å². The Morgan fingerprint density at radius 2 is 1.94 bits per heavy atom. The second kappa shape index (κ2) is 6.38. The minimum atomic E-state index is 0.404. The highest BCUT2D eigenvalue weighted by molar-refractivity contribution is 4.95. The molecule has 0 aromatic carbocycles. The molecule has 1 saturated heterocycles. The van der Waals surface area contributed by atoms with E-state index in [1.165, 1.54) is 51.5 Å². The van der Waals surface area contributed by atoms with Gasteiger partial charge in [0, 0.05) is 18.1 Å². The van der Waals surface area contributed by atoms with E-state index in [0.29, 0.717) is 12.1 Å². The Morgan fingerprint density at radius 3 is 2.61 bits per heavy atom. The fourth-order valence-electron chi connectivity index (χ4n) is 4.53. The van der Waals surface area contributed by atoms with E-state index in [4.69, 9.17) is 5.73 Å². The summed E-state index contributed by atoms with van der Waals surface area (Å²) < 4.78 is 0. The van der Waals surface area contributed by atoms with E-state index in [0.717, 1.165) is 17.9 Å². The van der Waals surface area contributed by atoms with Crippen LogP contribution in [0.2, 0.25) is 0 Å². The number of hydrogen-bond acceptors (Lipinski definition) is 2. The first-order chi connectivity index (χ1) is 8.63. The average molecular weight is 252 g/mol. The van der Waals surface area contributed by atoms with Gasteiger partial charge in [0.05, 0.1) is 0 Å². The van der Waals surface area contributed by atoms with Gasteiger partial charge in [0.15, 0.2) is 0 Å². The predicted octanol–water partition coefficient (Wildman–Crippen LogP) is 3.40. The maximum Gasteiger partial charge on any atom is 0.0275 e. The van der Waals surface area contributed by atoms with Crippen LogP contribution in [0.4, 0.5) is 0 Å². The van der Waals surface area contributed by atoms with Crippen molar-refractivity contribution in [2.24, 2.45) is 17.6 Å². The standard InChI is InChI=1S/C16H32N2/c1-4-7-14-8-5-6-9-18(14)16-13(3)10-12(2)11-15(16)17/h12-16H,4-11,17H2,1-3H3. The zero-order chi connectivity index (χ0) is 13.1. The van der Waals surface area contributed by atoms with Crippen LogP contribution in [0, 0.1) is 11.8 Å². The Morgan fingerprint density at radius 1 is 1.17 bits per heavy atom. The fraction of sp³-hybridized carbons (Fsp3) is 1.00. The summed E-state index contributed by atoms with van der Waals surface area (Å²) >= 11 is 0. The molecular formula is C16H32N2.